The molecule has 1 heterocycles. The van der Waals surface area contributed by atoms with Crippen molar-refractivity contribution in [2.75, 3.05) is 6.54 Å². The maximum Gasteiger partial charge on any atom is 0.407 e. The van der Waals surface area contributed by atoms with E-state index < -0.39 is 5.60 Å². The Morgan fingerprint density at radius 3 is 2.45 bits per heavy atom. The van der Waals surface area contributed by atoms with E-state index in [2.05, 4.69) is 44.4 Å². The molecule has 0 spiro atoms. The summed E-state index contributed by atoms with van der Waals surface area (Å²) in [6.07, 6.45) is 0.588. The lowest BCUT2D eigenvalue weighted by Crippen LogP contribution is -2.43. The third-order valence-corrected chi connectivity index (χ3v) is 4.40. The first kappa shape index (κ1) is 19.0. The van der Waals surface area contributed by atoms with Gasteiger partial charge in [-0.05, 0) is 59.6 Å². The minimum Gasteiger partial charge on any atom is -0.444 e. The first-order valence-electron chi connectivity index (χ1n) is 7.92. The Labute approximate surface area is 138 Å². The molecule has 2 unspecified atom stereocenters. The van der Waals surface area contributed by atoms with Crippen LogP contribution >= 0.6 is 11.3 Å². The van der Waals surface area contributed by atoms with Crippen molar-refractivity contribution in [2.24, 2.45) is 0 Å². The third kappa shape index (κ3) is 6.36. The number of hydrogen-bond acceptors (Lipinski definition) is 4. The monoisotopic (exact) mass is 326 g/mol. The van der Waals surface area contributed by atoms with Crippen molar-refractivity contribution in [1.29, 1.82) is 0 Å². The zero-order valence-electron chi connectivity index (χ0n) is 14.9. The van der Waals surface area contributed by atoms with Crippen LogP contribution in [0.1, 0.15) is 62.4 Å². The van der Waals surface area contributed by atoms with E-state index in [0.717, 1.165) is 6.42 Å². The minimum atomic E-state index is -0.460. The van der Waals surface area contributed by atoms with Crippen molar-refractivity contribution in [2.45, 2.75) is 72.6 Å². The predicted octanol–water partition coefficient (Wildman–Crippen LogP) is 4.32. The molecule has 0 aromatic carbocycles. The molecule has 4 nitrogen and oxygen atoms in total. The molecule has 22 heavy (non-hydrogen) atoms. The molecule has 1 amide bonds. The van der Waals surface area contributed by atoms with Crippen LogP contribution in [0.3, 0.4) is 0 Å². The molecule has 0 saturated heterocycles. The third-order valence-electron chi connectivity index (χ3n) is 3.42. The van der Waals surface area contributed by atoms with Crippen molar-refractivity contribution < 1.29 is 9.53 Å². The fraction of sp³-hybridized carbons (Fsp3) is 0.706. The maximum atomic E-state index is 11.7. The average Bonchev–Trinajstić information content (AvgIpc) is 2.71. The summed E-state index contributed by atoms with van der Waals surface area (Å²) < 4.78 is 5.27. The smallest absolute Gasteiger partial charge is 0.407 e. The van der Waals surface area contributed by atoms with Gasteiger partial charge in [0.25, 0.3) is 0 Å². The number of ether oxygens (including phenoxy) is 1. The molecule has 0 radical (unpaired) electrons. The van der Waals surface area contributed by atoms with E-state index in [0.29, 0.717) is 6.54 Å². The van der Waals surface area contributed by atoms with Crippen LogP contribution in [0.2, 0.25) is 0 Å². The molecule has 5 heteroatoms. The van der Waals surface area contributed by atoms with Gasteiger partial charge in [-0.3, -0.25) is 0 Å². The predicted molar refractivity (Wildman–Crippen MR) is 93.7 cm³/mol. The molecule has 2 atom stereocenters. The van der Waals surface area contributed by atoms with E-state index in [1.807, 2.05) is 32.1 Å². The number of carbonyl (C=O) groups is 1. The van der Waals surface area contributed by atoms with Crippen molar-refractivity contribution in [1.82, 2.24) is 10.6 Å². The lowest BCUT2D eigenvalue weighted by Gasteiger charge is -2.24. The van der Waals surface area contributed by atoms with Gasteiger partial charge in [-0.2, -0.15) is 0 Å². The molecule has 0 aliphatic heterocycles. The topological polar surface area (TPSA) is 50.4 Å². The van der Waals surface area contributed by atoms with Crippen LogP contribution in [-0.4, -0.2) is 24.3 Å². The van der Waals surface area contributed by atoms with Gasteiger partial charge >= 0.3 is 6.09 Å². The van der Waals surface area contributed by atoms with Gasteiger partial charge in [-0.25, -0.2) is 4.79 Å². The zero-order valence-corrected chi connectivity index (χ0v) is 15.7. The number of hydrogen-bond donors (Lipinski definition) is 2. The summed E-state index contributed by atoms with van der Waals surface area (Å²) in [7, 11) is 0. The summed E-state index contributed by atoms with van der Waals surface area (Å²) in [4.78, 5) is 14.4. The highest BCUT2D eigenvalue weighted by atomic mass is 32.1. The summed E-state index contributed by atoms with van der Waals surface area (Å²) in [6.45, 7) is 14.7. The minimum absolute atomic E-state index is 0.224. The quantitative estimate of drug-likeness (QED) is 0.818. The van der Waals surface area contributed by atoms with E-state index in [9.17, 15) is 4.79 Å². The van der Waals surface area contributed by atoms with Crippen LogP contribution in [0.15, 0.2) is 6.07 Å². The molecule has 1 aromatic rings. The standard InChI is InChI=1S/C17H30N2O2S/c1-8-14(10-18-16(20)21-17(5,6)7)19-12(3)15-9-11(2)22-13(15)4/h9,12,14,19H,8,10H2,1-7H3,(H,18,20). The van der Waals surface area contributed by atoms with Crippen LogP contribution in [0, 0.1) is 13.8 Å². The molecule has 0 saturated carbocycles. The van der Waals surface area contributed by atoms with E-state index in [4.69, 9.17) is 4.74 Å². The molecule has 1 rings (SSSR count). The highest BCUT2D eigenvalue weighted by Gasteiger charge is 2.19. The molecule has 0 aliphatic carbocycles. The Hall–Kier alpha value is -1.07. The Kier molecular flexibility index (Phi) is 6.88. The molecule has 1 aromatic heterocycles. The van der Waals surface area contributed by atoms with Crippen LogP contribution in [0.25, 0.3) is 0 Å². The highest BCUT2D eigenvalue weighted by molar-refractivity contribution is 7.12. The molecule has 2 N–H and O–H groups in total. The van der Waals surface area contributed by atoms with Gasteiger partial charge in [0, 0.05) is 28.4 Å². The fourth-order valence-corrected chi connectivity index (χ4v) is 3.39. The van der Waals surface area contributed by atoms with E-state index in [1.165, 1.54) is 15.3 Å². The summed E-state index contributed by atoms with van der Waals surface area (Å²) >= 11 is 1.83. The lowest BCUT2D eigenvalue weighted by molar-refractivity contribution is 0.0521. The number of alkyl carbamates (subject to hydrolysis) is 1. The number of carbonyl (C=O) groups excluding carboxylic acids is 1. The van der Waals surface area contributed by atoms with Crippen molar-refractivity contribution in [3.8, 4) is 0 Å². The van der Waals surface area contributed by atoms with Crippen LogP contribution in [-0.2, 0) is 4.74 Å². The second-order valence-electron chi connectivity index (χ2n) is 6.74. The Bertz CT molecular complexity index is 491. The van der Waals surface area contributed by atoms with Gasteiger partial charge in [-0.1, -0.05) is 6.92 Å². The first-order chi connectivity index (χ1) is 10.1. The van der Waals surface area contributed by atoms with Crippen LogP contribution in [0.5, 0.6) is 0 Å². The molecular formula is C17H30N2O2S. The van der Waals surface area contributed by atoms with Crippen LogP contribution in [0.4, 0.5) is 4.79 Å². The van der Waals surface area contributed by atoms with E-state index >= 15 is 0 Å². The second kappa shape index (κ2) is 7.97. The van der Waals surface area contributed by atoms with Crippen molar-refractivity contribution in [3.63, 3.8) is 0 Å². The Morgan fingerprint density at radius 2 is 2.00 bits per heavy atom. The average molecular weight is 327 g/mol. The van der Waals surface area contributed by atoms with Gasteiger partial charge in [0.05, 0.1) is 0 Å². The van der Waals surface area contributed by atoms with Gasteiger partial charge in [0.2, 0.25) is 0 Å². The molecule has 0 fully saturated rings. The van der Waals surface area contributed by atoms with Gasteiger partial charge < -0.3 is 15.4 Å². The normalized spacial score (nSPS) is 14.5. The highest BCUT2D eigenvalue weighted by Crippen LogP contribution is 2.26. The fourth-order valence-electron chi connectivity index (χ4n) is 2.37. The Balaban J connectivity index is 2.51. The SMILES string of the molecule is CCC(CNC(=O)OC(C)(C)C)NC(C)c1cc(C)sc1C. The van der Waals surface area contributed by atoms with Gasteiger partial charge in [-0.15, -0.1) is 11.3 Å². The van der Waals surface area contributed by atoms with Gasteiger partial charge in [0.1, 0.15) is 5.60 Å². The van der Waals surface area contributed by atoms with E-state index in [1.54, 1.807) is 0 Å². The van der Waals surface area contributed by atoms with Crippen molar-refractivity contribution >= 4 is 17.4 Å². The second-order valence-corrected chi connectivity index (χ2v) is 8.21. The number of nitrogens with one attached hydrogen (secondary N) is 2. The number of thiophene rings is 1. The summed E-state index contributed by atoms with van der Waals surface area (Å²) in [6, 6.07) is 2.74. The largest absolute Gasteiger partial charge is 0.444 e. The van der Waals surface area contributed by atoms with Crippen LogP contribution < -0.4 is 10.6 Å². The van der Waals surface area contributed by atoms with Crippen molar-refractivity contribution in [3.05, 3.63) is 21.4 Å². The maximum absolute atomic E-state index is 11.7. The van der Waals surface area contributed by atoms with Gasteiger partial charge in [0.15, 0.2) is 0 Å². The summed E-state index contributed by atoms with van der Waals surface area (Å²) in [5.74, 6) is 0. The number of rotatable bonds is 6. The zero-order chi connectivity index (χ0) is 16.9. The first-order valence-corrected chi connectivity index (χ1v) is 8.74. The lowest BCUT2D eigenvalue weighted by atomic mass is 10.1. The summed E-state index contributed by atoms with van der Waals surface area (Å²) in [5, 5.41) is 6.44. The molecular weight excluding hydrogens is 296 g/mol. The number of amides is 1. The Morgan fingerprint density at radius 1 is 1.36 bits per heavy atom. The molecule has 0 aliphatic rings. The van der Waals surface area contributed by atoms with E-state index in [-0.39, 0.29) is 18.2 Å². The molecule has 126 valence electrons. The number of aryl methyl sites for hydroxylation is 2. The summed E-state index contributed by atoms with van der Waals surface area (Å²) in [5.41, 5.74) is 0.885. The molecule has 0 bridgehead atoms.